The number of likely N-dealkylation sites (N-methyl/N-ethyl adjacent to an activating group) is 1. The van der Waals surface area contributed by atoms with E-state index >= 15 is 0 Å². The molecule has 104 valence electrons. The van der Waals surface area contributed by atoms with E-state index in [1.165, 1.54) is 6.42 Å². The summed E-state index contributed by atoms with van der Waals surface area (Å²) in [6.45, 7) is 3.69. The van der Waals surface area contributed by atoms with Gasteiger partial charge in [-0.15, -0.1) is 0 Å². The first-order valence-electron chi connectivity index (χ1n) is 7.46. The summed E-state index contributed by atoms with van der Waals surface area (Å²) in [5.41, 5.74) is 0. The second-order valence-corrected chi connectivity index (χ2v) is 5.56. The van der Waals surface area contributed by atoms with Crippen LogP contribution in [0.25, 0.3) is 0 Å². The molecule has 3 atom stereocenters. The zero-order valence-electron chi connectivity index (χ0n) is 11.4. The van der Waals surface area contributed by atoms with Crippen molar-refractivity contribution < 1.29 is 9.90 Å². The number of amides is 1. The third-order valence-corrected chi connectivity index (χ3v) is 4.27. The van der Waals surface area contributed by atoms with Gasteiger partial charge in [0.2, 0.25) is 5.91 Å². The number of hydrogen-bond acceptors (Lipinski definition) is 3. The van der Waals surface area contributed by atoms with Crippen LogP contribution < -0.4 is 5.32 Å². The van der Waals surface area contributed by atoms with Crippen molar-refractivity contribution in [1.29, 1.82) is 0 Å². The monoisotopic (exact) mass is 254 g/mol. The molecule has 2 N–H and O–H groups in total. The van der Waals surface area contributed by atoms with Gasteiger partial charge in [0.05, 0.1) is 18.2 Å². The fourth-order valence-electron chi connectivity index (χ4n) is 3.30. The van der Waals surface area contributed by atoms with Crippen LogP contribution in [0.1, 0.15) is 51.9 Å². The zero-order chi connectivity index (χ0) is 13.0. The van der Waals surface area contributed by atoms with E-state index in [1.54, 1.807) is 0 Å². The highest BCUT2D eigenvalue weighted by Gasteiger charge is 2.36. The molecule has 4 heteroatoms. The predicted octanol–water partition coefficient (Wildman–Crippen LogP) is 1.28. The van der Waals surface area contributed by atoms with Crippen LogP contribution in [0.5, 0.6) is 0 Å². The minimum atomic E-state index is -0.322. The van der Waals surface area contributed by atoms with E-state index in [4.69, 9.17) is 0 Å². The summed E-state index contributed by atoms with van der Waals surface area (Å²) in [6.07, 6.45) is 6.89. The van der Waals surface area contributed by atoms with Crippen LogP contribution in [0.2, 0.25) is 0 Å². The zero-order valence-corrected chi connectivity index (χ0v) is 11.4. The highest BCUT2D eigenvalue weighted by molar-refractivity contribution is 5.83. The number of carbonyl (C=O) groups is 1. The van der Waals surface area contributed by atoms with Crippen LogP contribution in [0.3, 0.4) is 0 Å². The Hall–Kier alpha value is -0.610. The molecule has 0 spiro atoms. The molecule has 1 heterocycles. The average molecular weight is 254 g/mol. The molecule has 0 aromatic rings. The summed E-state index contributed by atoms with van der Waals surface area (Å²) in [5, 5.41) is 13.5. The van der Waals surface area contributed by atoms with E-state index in [2.05, 4.69) is 5.32 Å². The fraction of sp³-hybridized carbons (Fsp3) is 0.929. The highest BCUT2D eigenvalue weighted by atomic mass is 16.3. The number of aliphatic hydroxyl groups is 1. The average Bonchev–Trinajstić information content (AvgIpc) is 2.57. The number of hydrogen-bond donors (Lipinski definition) is 2. The van der Waals surface area contributed by atoms with Crippen LogP contribution in [0.4, 0.5) is 0 Å². The first-order chi connectivity index (χ1) is 8.74. The Morgan fingerprint density at radius 3 is 2.78 bits per heavy atom. The summed E-state index contributed by atoms with van der Waals surface area (Å²) in [6, 6.07) is 0.0284. The third-order valence-electron chi connectivity index (χ3n) is 4.27. The van der Waals surface area contributed by atoms with Gasteiger partial charge in [0, 0.05) is 6.54 Å². The number of nitrogens with one attached hydrogen (secondary N) is 1. The van der Waals surface area contributed by atoms with Crippen molar-refractivity contribution >= 4 is 5.91 Å². The molecule has 0 aromatic carbocycles. The van der Waals surface area contributed by atoms with Gasteiger partial charge in [0.15, 0.2) is 0 Å². The van der Waals surface area contributed by atoms with Crippen molar-refractivity contribution in [2.75, 3.05) is 13.1 Å². The van der Waals surface area contributed by atoms with Crippen molar-refractivity contribution in [3.05, 3.63) is 0 Å². The lowest BCUT2D eigenvalue weighted by molar-refractivity contribution is -0.141. The largest absolute Gasteiger partial charge is 0.391 e. The Morgan fingerprint density at radius 2 is 2.00 bits per heavy atom. The van der Waals surface area contributed by atoms with Gasteiger partial charge < -0.3 is 15.3 Å². The van der Waals surface area contributed by atoms with Gasteiger partial charge in [-0.25, -0.2) is 0 Å². The van der Waals surface area contributed by atoms with E-state index in [0.717, 1.165) is 51.6 Å². The summed E-state index contributed by atoms with van der Waals surface area (Å²) in [4.78, 5) is 14.4. The van der Waals surface area contributed by atoms with Gasteiger partial charge in [-0.05, 0) is 32.2 Å². The Labute approximate surface area is 110 Å². The van der Waals surface area contributed by atoms with Crippen molar-refractivity contribution in [2.45, 2.75) is 70.1 Å². The maximum Gasteiger partial charge on any atom is 0.240 e. The second-order valence-electron chi connectivity index (χ2n) is 5.56. The highest BCUT2D eigenvalue weighted by Crippen LogP contribution is 2.25. The molecule has 3 unspecified atom stereocenters. The van der Waals surface area contributed by atoms with Gasteiger partial charge in [0.25, 0.3) is 0 Å². The SMILES string of the molecule is CCNC1CCCN(C2CCCCCC2O)C1=O. The molecular formula is C14H26N2O2. The Morgan fingerprint density at radius 1 is 1.22 bits per heavy atom. The summed E-state index contributed by atoms with van der Waals surface area (Å²) in [5.74, 6) is 0.203. The number of piperidine rings is 1. The van der Waals surface area contributed by atoms with Crippen molar-refractivity contribution in [3.63, 3.8) is 0 Å². The molecule has 2 aliphatic rings. The van der Waals surface area contributed by atoms with Gasteiger partial charge in [-0.2, -0.15) is 0 Å². The predicted molar refractivity (Wildman–Crippen MR) is 71.3 cm³/mol. The molecule has 2 rings (SSSR count). The van der Waals surface area contributed by atoms with Crippen LogP contribution in [-0.2, 0) is 4.79 Å². The van der Waals surface area contributed by atoms with Crippen molar-refractivity contribution in [2.24, 2.45) is 0 Å². The van der Waals surface area contributed by atoms with Crippen molar-refractivity contribution in [3.8, 4) is 0 Å². The topological polar surface area (TPSA) is 52.6 Å². The molecule has 1 aliphatic heterocycles. The summed E-state index contributed by atoms with van der Waals surface area (Å²) in [7, 11) is 0. The molecule has 2 fully saturated rings. The van der Waals surface area contributed by atoms with Gasteiger partial charge >= 0.3 is 0 Å². The third kappa shape index (κ3) is 3.04. The lowest BCUT2D eigenvalue weighted by Crippen LogP contribution is -2.56. The maximum absolute atomic E-state index is 12.4. The molecule has 1 saturated carbocycles. The number of carbonyl (C=O) groups excluding carboxylic acids is 1. The molecule has 18 heavy (non-hydrogen) atoms. The summed E-state index contributed by atoms with van der Waals surface area (Å²) >= 11 is 0. The molecule has 0 radical (unpaired) electrons. The lowest BCUT2D eigenvalue weighted by Gasteiger charge is -2.39. The minimum absolute atomic E-state index is 0.0285. The van der Waals surface area contributed by atoms with Crippen LogP contribution in [0, 0.1) is 0 Å². The minimum Gasteiger partial charge on any atom is -0.391 e. The Bertz CT molecular complexity index is 281. The Kier molecular flexibility index (Phi) is 5.01. The van der Waals surface area contributed by atoms with Crippen LogP contribution in [0.15, 0.2) is 0 Å². The molecule has 1 amide bonds. The van der Waals surface area contributed by atoms with E-state index in [-0.39, 0.29) is 24.1 Å². The van der Waals surface area contributed by atoms with Crippen LogP contribution >= 0.6 is 0 Å². The maximum atomic E-state index is 12.4. The number of rotatable bonds is 3. The Balaban J connectivity index is 2.03. The van der Waals surface area contributed by atoms with Gasteiger partial charge in [-0.3, -0.25) is 4.79 Å². The van der Waals surface area contributed by atoms with E-state index < -0.39 is 0 Å². The van der Waals surface area contributed by atoms with Crippen LogP contribution in [-0.4, -0.2) is 47.2 Å². The number of nitrogens with zero attached hydrogens (tertiary/aromatic N) is 1. The number of likely N-dealkylation sites (tertiary alicyclic amines) is 1. The van der Waals surface area contributed by atoms with Crippen molar-refractivity contribution in [1.82, 2.24) is 10.2 Å². The van der Waals surface area contributed by atoms with E-state index in [1.807, 2.05) is 11.8 Å². The number of aliphatic hydroxyl groups excluding tert-OH is 1. The molecular weight excluding hydrogens is 228 g/mol. The van der Waals surface area contributed by atoms with E-state index in [0.29, 0.717) is 0 Å². The quantitative estimate of drug-likeness (QED) is 0.746. The second kappa shape index (κ2) is 6.53. The molecule has 0 bridgehead atoms. The summed E-state index contributed by atoms with van der Waals surface area (Å²) < 4.78 is 0. The first-order valence-corrected chi connectivity index (χ1v) is 7.46. The normalized spacial score (nSPS) is 34.4. The standard InChI is InChI=1S/C14H26N2O2/c1-2-15-11-7-6-10-16(14(11)18)12-8-4-3-5-9-13(12)17/h11-13,15,17H,2-10H2,1H3. The fourth-order valence-corrected chi connectivity index (χ4v) is 3.30. The molecule has 4 nitrogen and oxygen atoms in total. The van der Waals surface area contributed by atoms with Gasteiger partial charge in [0.1, 0.15) is 0 Å². The first kappa shape index (κ1) is 13.8. The smallest absolute Gasteiger partial charge is 0.240 e. The van der Waals surface area contributed by atoms with Gasteiger partial charge in [-0.1, -0.05) is 26.2 Å². The molecule has 0 aromatic heterocycles. The lowest BCUT2D eigenvalue weighted by atomic mass is 9.97. The molecule has 1 aliphatic carbocycles. The van der Waals surface area contributed by atoms with E-state index in [9.17, 15) is 9.90 Å². The molecule has 1 saturated heterocycles.